The maximum atomic E-state index is 11.6. The number of ether oxygens (including phenoxy) is 2. The maximum absolute atomic E-state index is 11.6. The molecule has 2 rings (SSSR count). The Kier molecular flexibility index (Phi) is 6.48. The van der Waals surface area contributed by atoms with Gasteiger partial charge in [0.05, 0.1) is 13.0 Å². The molecule has 2 aromatic rings. The molecule has 122 valence electrons. The number of carbonyl (C=O) groups excluding carboxylic acids is 1. The van der Waals surface area contributed by atoms with Crippen molar-refractivity contribution in [1.29, 1.82) is 0 Å². The number of hydrogen-bond acceptors (Lipinski definition) is 3. The summed E-state index contributed by atoms with van der Waals surface area (Å²) in [6.07, 6.45) is 1.06. The van der Waals surface area contributed by atoms with Gasteiger partial charge in [0.15, 0.2) is 0 Å². The van der Waals surface area contributed by atoms with Crippen LogP contribution in [0.15, 0.2) is 40.9 Å². The Morgan fingerprint density at radius 1 is 1.17 bits per heavy atom. The molecule has 0 spiro atoms. The summed E-state index contributed by atoms with van der Waals surface area (Å²) < 4.78 is 11.8. The lowest BCUT2D eigenvalue weighted by atomic mass is 10.1. The average molecular weight is 398 g/mol. The Morgan fingerprint density at radius 3 is 2.61 bits per heavy atom. The van der Waals surface area contributed by atoms with E-state index in [1.165, 1.54) is 0 Å². The van der Waals surface area contributed by atoms with Crippen molar-refractivity contribution in [3.63, 3.8) is 0 Å². The van der Waals surface area contributed by atoms with Crippen molar-refractivity contribution in [1.82, 2.24) is 0 Å². The van der Waals surface area contributed by atoms with Crippen LogP contribution in [0.5, 0.6) is 11.5 Å². The molecule has 0 N–H and O–H groups in total. The van der Waals surface area contributed by atoms with Crippen LogP contribution in [-0.2, 0) is 22.4 Å². The summed E-state index contributed by atoms with van der Waals surface area (Å²) in [7, 11) is 0. The summed E-state index contributed by atoms with van der Waals surface area (Å²) in [5.41, 5.74) is 1.92. The van der Waals surface area contributed by atoms with Crippen LogP contribution < -0.4 is 4.74 Å². The van der Waals surface area contributed by atoms with E-state index in [4.69, 9.17) is 21.1 Å². The van der Waals surface area contributed by atoms with E-state index in [9.17, 15) is 4.79 Å². The van der Waals surface area contributed by atoms with E-state index in [-0.39, 0.29) is 12.4 Å². The van der Waals surface area contributed by atoms with Crippen LogP contribution in [0.3, 0.4) is 0 Å². The summed E-state index contributed by atoms with van der Waals surface area (Å²) >= 11 is 9.45. The minimum Gasteiger partial charge on any atom is -0.466 e. The molecule has 23 heavy (non-hydrogen) atoms. The van der Waals surface area contributed by atoms with Crippen LogP contribution in [-0.4, -0.2) is 12.6 Å². The van der Waals surface area contributed by atoms with Crippen LogP contribution in [0.2, 0.25) is 5.02 Å². The van der Waals surface area contributed by atoms with Gasteiger partial charge >= 0.3 is 5.97 Å². The zero-order valence-corrected chi connectivity index (χ0v) is 15.4. The molecule has 0 aliphatic rings. The van der Waals surface area contributed by atoms with E-state index in [1.54, 1.807) is 19.1 Å². The van der Waals surface area contributed by atoms with Crippen molar-refractivity contribution >= 4 is 33.5 Å². The number of hydrogen-bond donors (Lipinski definition) is 0. The Morgan fingerprint density at radius 2 is 1.96 bits per heavy atom. The zero-order valence-electron chi connectivity index (χ0n) is 13.1. The van der Waals surface area contributed by atoms with Gasteiger partial charge in [0.2, 0.25) is 0 Å². The number of benzene rings is 2. The molecule has 0 heterocycles. The highest BCUT2D eigenvalue weighted by Gasteiger charge is 2.10. The van der Waals surface area contributed by atoms with E-state index in [0.29, 0.717) is 17.4 Å². The molecule has 2 aromatic carbocycles. The van der Waals surface area contributed by atoms with Gasteiger partial charge in [0.1, 0.15) is 11.5 Å². The number of halogens is 2. The predicted molar refractivity (Wildman–Crippen MR) is 95.4 cm³/mol. The highest BCUT2D eigenvalue weighted by atomic mass is 79.9. The van der Waals surface area contributed by atoms with E-state index >= 15 is 0 Å². The summed E-state index contributed by atoms with van der Waals surface area (Å²) in [5, 5.41) is 0.593. The minimum atomic E-state index is -0.242. The zero-order chi connectivity index (χ0) is 16.8. The molecular formula is C18H18BrClO3. The van der Waals surface area contributed by atoms with Gasteiger partial charge in [-0.2, -0.15) is 0 Å². The van der Waals surface area contributed by atoms with Gasteiger partial charge in [-0.1, -0.05) is 46.6 Å². The molecule has 0 saturated heterocycles. The van der Waals surface area contributed by atoms with Crippen LogP contribution in [0.25, 0.3) is 0 Å². The van der Waals surface area contributed by atoms with Gasteiger partial charge < -0.3 is 9.47 Å². The lowest BCUT2D eigenvalue weighted by molar-refractivity contribution is -0.142. The molecule has 0 atom stereocenters. The first-order valence-electron chi connectivity index (χ1n) is 7.43. The van der Waals surface area contributed by atoms with Gasteiger partial charge in [-0.15, -0.1) is 0 Å². The molecule has 5 heteroatoms. The molecule has 3 nitrogen and oxygen atoms in total. The predicted octanol–water partition coefficient (Wildman–Crippen LogP) is 5.56. The monoisotopic (exact) mass is 396 g/mol. The SMILES string of the molecule is CCOC(=O)Cc1ccc(CC)c(Oc2cc(Cl)cc(Br)c2)c1. The van der Waals surface area contributed by atoms with Crippen molar-refractivity contribution in [3.8, 4) is 11.5 Å². The van der Waals surface area contributed by atoms with Crippen molar-refractivity contribution < 1.29 is 14.3 Å². The second kappa shape index (κ2) is 8.37. The van der Waals surface area contributed by atoms with E-state index in [2.05, 4.69) is 22.9 Å². The molecule has 0 unspecified atom stereocenters. The fourth-order valence-corrected chi connectivity index (χ4v) is 3.02. The second-order valence-electron chi connectivity index (χ2n) is 4.98. The largest absolute Gasteiger partial charge is 0.466 e. The van der Waals surface area contributed by atoms with Crippen LogP contribution in [0, 0.1) is 0 Å². The lowest BCUT2D eigenvalue weighted by Gasteiger charge is -2.13. The number of esters is 1. The molecule has 0 fully saturated rings. The molecular weight excluding hydrogens is 380 g/mol. The second-order valence-corrected chi connectivity index (χ2v) is 6.34. The fourth-order valence-electron chi connectivity index (χ4n) is 2.19. The molecule has 0 radical (unpaired) electrons. The van der Waals surface area contributed by atoms with Gasteiger partial charge in [-0.3, -0.25) is 4.79 Å². The van der Waals surface area contributed by atoms with E-state index in [1.807, 2.05) is 24.3 Å². The molecule has 0 aliphatic heterocycles. The molecule has 0 saturated carbocycles. The Bertz CT molecular complexity index is 680. The highest BCUT2D eigenvalue weighted by Crippen LogP contribution is 2.31. The van der Waals surface area contributed by atoms with Gasteiger partial charge in [-0.05, 0) is 48.7 Å². The third kappa shape index (κ3) is 5.26. The molecule has 0 bridgehead atoms. The lowest BCUT2D eigenvalue weighted by Crippen LogP contribution is -2.07. The van der Waals surface area contributed by atoms with E-state index in [0.717, 1.165) is 27.8 Å². The third-order valence-electron chi connectivity index (χ3n) is 3.23. The van der Waals surface area contributed by atoms with Crippen LogP contribution in [0.4, 0.5) is 0 Å². The van der Waals surface area contributed by atoms with Crippen molar-refractivity contribution in [2.75, 3.05) is 6.61 Å². The fraction of sp³-hybridized carbons (Fsp3) is 0.278. The summed E-state index contributed by atoms with van der Waals surface area (Å²) in [6.45, 7) is 4.23. The molecule has 0 aromatic heterocycles. The first kappa shape index (κ1) is 17.8. The topological polar surface area (TPSA) is 35.5 Å². The minimum absolute atomic E-state index is 0.230. The van der Waals surface area contributed by atoms with Crippen LogP contribution >= 0.6 is 27.5 Å². The third-order valence-corrected chi connectivity index (χ3v) is 3.91. The first-order valence-corrected chi connectivity index (χ1v) is 8.60. The normalized spacial score (nSPS) is 10.4. The molecule has 0 amide bonds. The summed E-state index contributed by atoms with van der Waals surface area (Å²) in [6, 6.07) is 11.2. The summed E-state index contributed by atoms with van der Waals surface area (Å²) in [5.74, 6) is 1.13. The summed E-state index contributed by atoms with van der Waals surface area (Å²) in [4.78, 5) is 11.6. The Hall–Kier alpha value is -1.52. The van der Waals surface area contributed by atoms with Crippen molar-refractivity contribution in [2.45, 2.75) is 26.7 Å². The highest BCUT2D eigenvalue weighted by molar-refractivity contribution is 9.10. The van der Waals surface area contributed by atoms with Gasteiger partial charge in [-0.25, -0.2) is 0 Å². The number of rotatable bonds is 6. The quantitative estimate of drug-likeness (QED) is 0.598. The van der Waals surface area contributed by atoms with E-state index < -0.39 is 0 Å². The standard InChI is InChI=1S/C18H18BrClO3/c1-3-13-6-5-12(8-18(21)22-4-2)7-17(13)23-16-10-14(19)9-15(20)11-16/h5-7,9-11H,3-4,8H2,1-2H3. The smallest absolute Gasteiger partial charge is 0.310 e. The Balaban J connectivity index is 2.26. The maximum Gasteiger partial charge on any atom is 0.310 e. The number of carbonyl (C=O) groups is 1. The van der Waals surface area contributed by atoms with Crippen molar-refractivity contribution in [3.05, 3.63) is 57.0 Å². The first-order chi connectivity index (χ1) is 11.0. The average Bonchev–Trinajstić information content (AvgIpc) is 2.46. The van der Waals surface area contributed by atoms with Gasteiger partial charge in [0, 0.05) is 9.50 Å². The van der Waals surface area contributed by atoms with Crippen LogP contribution in [0.1, 0.15) is 25.0 Å². The van der Waals surface area contributed by atoms with Crippen molar-refractivity contribution in [2.24, 2.45) is 0 Å². The number of aryl methyl sites for hydroxylation is 1. The Labute approximate surface area is 149 Å². The molecule has 0 aliphatic carbocycles. The van der Waals surface area contributed by atoms with Gasteiger partial charge in [0.25, 0.3) is 0 Å².